The summed E-state index contributed by atoms with van der Waals surface area (Å²) >= 11 is 0. The molecule has 0 bridgehead atoms. The molecule has 5 N–H and O–H groups in total. The molecule has 1 saturated heterocycles. The molecule has 0 saturated carbocycles. The zero-order valence-corrected chi connectivity index (χ0v) is 29.3. The van der Waals surface area contributed by atoms with Crippen LogP contribution >= 0.6 is 0 Å². The van der Waals surface area contributed by atoms with E-state index in [-0.39, 0.29) is 31.5 Å². The number of hydrogen-bond acceptors (Lipinski definition) is 9. The maximum absolute atomic E-state index is 13.4. The van der Waals surface area contributed by atoms with Crippen molar-refractivity contribution >= 4 is 46.0 Å². The number of H-pyrrole nitrogens is 1. The average molecular weight is 692 g/mol. The second-order valence-corrected chi connectivity index (χ2v) is 13.2. The number of rotatable bonds is 12. The van der Waals surface area contributed by atoms with Gasteiger partial charge in [-0.05, 0) is 74.6 Å². The number of aromatic nitrogens is 3. The first-order chi connectivity index (χ1) is 24.5. The van der Waals surface area contributed by atoms with Crippen LogP contribution in [0.3, 0.4) is 0 Å². The zero-order valence-electron chi connectivity index (χ0n) is 29.3. The van der Waals surface area contributed by atoms with Gasteiger partial charge < -0.3 is 25.1 Å². The summed E-state index contributed by atoms with van der Waals surface area (Å²) in [7, 11) is 0. The highest BCUT2D eigenvalue weighted by Gasteiger charge is 2.43. The van der Waals surface area contributed by atoms with E-state index < -0.39 is 11.5 Å². The number of carbonyl (C=O) groups excluding carboxylic acids is 2. The van der Waals surface area contributed by atoms with Crippen LogP contribution in [0.2, 0.25) is 0 Å². The van der Waals surface area contributed by atoms with Gasteiger partial charge in [0.25, 0.3) is 5.91 Å². The largest absolute Gasteiger partial charge is 0.475 e. The number of anilines is 1. The fraction of sp³-hybridized carbons (Fsp3) is 0.342. The predicted octanol–water partition coefficient (Wildman–Crippen LogP) is 4.30. The number of hydrogen-bond donors (Lipinski definition) is 4. The Labute approximate surface area is 297 Å². The molecule has 13 heteroatoms. The maximum atomic E-state index is 13.4. The van der Waals surface area contributed by atoms with Crippen LogP contribution in [0.5, 0.6) is 5.88 Å². The standard InChI is InChI=1S/C38H45N9O4/c1-5-47(39)24-41-26(4)27-6-8-28(9-7-27)29-14-17-46(18-15-29)35(48)22-45-19-16-38(50,23-45)37(49)42-31-11-12-33-32(20-31)36(44-43-33)30-10-13-34(40-21-30)51-25(2)3/h6-14,20-21,24-25,50H,4-5,15-19,22-23,39H2,1-3H3,(H,42,49)(H,43,44)/t38-/m0/s1. The molecule has 2 aromatic heterocycles. The highest BCUT2D eigenvalue weighted by Crippen LogP contribution is 2.31. The van der Waals surface area contributed by atoms with E-state index in [4.69, 9.17) is 10.6 Å². The Hall–Kier alpha value is -5.37. The number of nitrogens with one attached hydrogen (secondary N) is 2. The van der Waals surface area contributed by atoms with Crippen molar-refractivity contribution in [1.29, 1.82) is 0 Å². The Morgan fingerprint density at radius 2 is 1.96 bits per heavy atom. The van der Waals surface area contributed by atoms with E-state index in [2.05, 4.69) is 38.1 Å². The van der Waals surface area contributed by atoms with Crippen molar-refractivity contribution in [3.8, 4) is 17.1 Å². The van der Waals surface area contributed by atoms with E-state index >= 15 is 0 Å². The summed E-state index contributed by atoms with van der Waals surface area (Å²) in [6.07, 6.45) is 6.32. The molecule has 4 aromatic rings. The first-order valence-corrected chi connectivity index (χ1v) is 17.2. The van der Waals surface area contributed by atoms with Crippen molar-refractivity contribution in [2.45, 2.75) is 45.3 Å². The van der Waals surface area contributed by atoms with E-state index in [1.54, 1.807) is 24.7 Å². The summed E-state index contributed by atoms with van der Waals surface area (Å²) in [6.45, 7) is 12.2. The first kappa shape index (κ1) is 35.5. The number of nitrogens with zero attached hydrogens (tertiary/aromatic N) is 6. The van der Waals surface area contributed by atoms with Crippen LogP contribution in [0, 0.1) is 0 Å². The van der Waals surface area contributed by atoms with Gasteiger partial charge in [0.05, 0.1) is 23.9 Å². The summed E-state index contributed by atoms with van der Waals surface area (Å²) in [5, 5.41) is 24.0. The number of nitrogens with two attached hydrogens (primary N) is 1. The van der Waals surface area contributed by atoms with Crippen molar-refractivity contribution < 1.29 is 19.4 Å². The number of hydrazine groups is 1. The summed E-state index contributed by atoms with van der Waals surface area (Å²) in [5.41, 5.74) is 5.00. The Kier molecular flexibility index (Phi) is 10.6. The van der Waals surface area contributed by atoms with Gasteiger partial charge in [0.2, 0.25) is 11.8 Å². The number of pyridine rings is 1. The van der Waals surface area contributed by atoms with E-state index in [0.717, 1.165) is 34.0 Å². The quantitative estimate of drug-likeness (QED) is 0.0734. The van der Waals surface area contributed by atoms with E-state index in [9.17, 15) is 14.7 Å². The van der Waals surface area contributed by atoms with Gasteiger partial charge in [0.1, 0.15) is 12.0 Å². The highest BCUT2D eigenvalue weighted by molar-refractivity contribution is 6.01. The van der Waals surface area contributed by atoms with Crippen molar-refractivity contribution in [3.05, 3.63) is 84.6 Å². The first-order valence-electron chi connectivity index (χ1n) is 17.2. The van der Waals surface area contributed by atoms with Crippen LogP contribution in [0.4, 0.5) is 5.69 Å². The van der Waals surface area contributed by atoms with Gasteiger partial charge in [-0.1, -0.05) is 36.9 Å². The molecule has 13 nitrogen and oxygen atoms in total. The maximum Gasteiger partial charge on any atom is 0.257 e. The van der Waals surface area contributed by atoms with Crippen molar-refractivity contribution in [3.63, 3.8) is 0 Å². The minimum Gasteiger partial charge on any atom is -0.475 e. The van der Waals surface area contributed by atoms with E-state index in [0.29, 0.717) is 49.1 Å². The lowest BCUT2D eigenvalue weighted by atomic mass is 9.98. The van der Waals surface area contributed by atoms with Crippen LogP contribution in [-0.4, -0.2) is 104 Å². The number of benzene rings is 2. The number of aliphatic hydroxyl groups is 1. The third-order valence-electron chi connectivity index (χ3n) is 9.17. The molecule has 2 aliphatic heterocycles. The number of aliphatic imine (C=N–C) groups is 1. The second kappa shape index (κ2) is 15.3. The number of ether oxygens (including phenoxy) is 1. The Morgan fingerprint density at radius 1 is 1.18 bits per heavy atom. The smallest absolute Gasteiger partial charge is 0.257 e. The average Bonchev–Trinajstić information content (AvgIpc) is 3.74. The topological polar surface area (TPSA) is 165 Å². The zero-order chi connectivity index (χ0) is 36.1. The number of carbonyl (C=O) groups is 2. The monoisotopic (exact) mass is 691 g/mol. The fourth-order valence-corrected chi connectivity index (χ4v) is 6.21. The lowest BCUT2D eigenvalue weighted by molar-refractivity contribution is -0.135. The summed E-state index contributed by atoms with van der Waals surface area (Å²) in [6, 6.07) is 17.2. The minimum atomic E-state index is -1.62. The number of fused-ring (bicyclic) bond motifs is 1. The van der Waals surface area contributed by atoms with Crippen molar-refractivity contribution in [2.24, 2.45) is 10.8 Å². The molecular weight excluding hydrogens is 646 g/mol. The molecule has 0 spiro atoms. The molecule has 6 rings (SSSR count). The minimum absolute atomic E-state index is 0.0166. The predicted molar refractivity (Wildman–Crippen MR) is 199 cm³/mol. The number of amides is 2. The summed E-state index contributed by atoms with van der Waals surface area (Å²) < 4.78 is 5.65. The van der Waals surface area contributed by atoms with Gasteiger partial charge in [-0.2, -0.15) is 5.10 Å². The van der Waals surface area contributed by atoms with Gasteiger partial charge in [0, 0.05) is 61.6 Å². The molecule has 2 amide bonds. The molecule has 266 valence electrons. The molecule has 2 aromatic carbocycles. The highest BCUT2D eigenvalue weighted by atomic mass is 16.5. The molecule has 0 radical (unpaired) electrons. The molecule has 1 fully saturated rings. The molecule has 0 unspecified atom stereocenters. The van der Waals surface area contributed by atoms with Gasteiger partial charge in [-0.3, -0.25) is 19.6 Å². The van der Waals surface area contributed by atoms with Crippen molar-refractivity contribution in [1.82, 2.24) is 30.0 Å². The molecular formula is C38H45N9O4. The van der Waals surface area contributed by atoms with E-state index in [1.807, 2.05) is 73.0 Å². The lowest BCUT2D eigenvalue weighted by Gasteiger charge is -2.29. The molecule has 2 aliphatic rings. The fourth-order valence-electron chi connectivity index (χ4n) is 6.21. The third-order valence-corrected chi connectivity index (χ3v) is 9.17. The van der Waals surface area contributed by atoms with Crippen LogP contribution < -0.4 is 15.9 Å². The van der Waals surface area contributed by atoms with Gasteiger partial charge in [0.15, 0.2) is 5.60 Å². The van der Waals surface area contributed by atoms with Gasteiger partial charge >= 0.3 is 0 Å². The van der Waals surface area contributed by atoms with Gasteiger partial charge in [-0.25, -0.2) is 15.8 Å². The Morgan fingerprint density at radius 3 is 2.65 bits per heavy atom. The lowest BCUT2D eigenvalue weighted by Crippen LogP contribution is -2.47. The molecule has 51 heavy (non-hydrogen) atoms. The number of likely N-dealkylation sites (tertiary alicyclic amines) is 1. The van der Waals surface area contributed by atoms with Crippen LogP contribution in [0.25, 0.3) is 33.4 Å². The second-order valence-electron chi connectivity index (χ2n) is 13.2. The normalized spacial score (nSPS) is 18.0. The third kappa shape index (κ3) is 8.34. The molecule has 1 atom stereocenters. The molecule has 0 aliphatic carbocycles. The van der Waals surface area contributed by atoms with Crippen LogP contribution in [0.15, 0.2) is 78.4 Å². The van der Waals surface area contributed by atoms with Crippen LogP contribution in [-0.2, 0) is 9.59 Å². The van der Waals surface area contributed by atoms with Crippen molar-refractivity contribution in [2.75, 3.05) is 44.6 Å². The summed E-state index contributed by atoms with van der Waals surface area (Å²) in [4.78, 5) is 39.0. The van der Waals surface area contributed by atoms with Gasteiger partial charge in [-0.15, -0.1) is 0 Å². The number of aromatic amines is 1. The van der Waals surface area contributed by atoms with E-state index in [1.165, 1.54) is 10.6 Å². The Bertz CT molecular complexity index is 1950. The summed E-state index contributed by atoms with van der Waals surface area (Å²) in [5.74, 6) is 5.75. The number of β-amino-alcohol motifs (C(OH)–C–C–N with tert-alkyl or cyclic N) is 1. The Balaban J connectivity index is 1.02. The molecule has 4 heterocycles. The van der Waals surface area contributed by atoms with Crippen LogP contribution in [0.1, 0.15) is 44.7 Å². The SMILES string of the molecule is C=C(N=CN(N)CC)c1ccc(C2=CCN(C(=O)CN3CC[C@@](O)(C(=O)Nc4ccc5[nH]nc(-c6ccc(OC(C)C)nc6)c5c4)C3)CC2)cc1.